The minimum Gasteiger partial charge on any atom is -0.478 e. The van der Waals surface area contributed by atoms with Crippen LogP contribution in [0.5, 0.6) is 11.5 Å². The number of aromatic carboxylic acids is 1. The van der Waals surface area contributed by atoms with E-state index in [1.54, 1.807) is 0 Å². The molecule has 0 bridgehead atoms. The summed E-state index contributed by atoms with van der Waals surface area (Å²) in [6.45, 7) is 0. The zero-order valence-corrected chi connectivity index (χ0v) is 9.56. The van der Waals surface area contributed by atoms with Crippen molar-refractivity contribution < 1.29 is 23.4 Å². The number of halogens is 2. The van der Waals surface area contributed by atoms with E-state index in [0.717, 1.165) is 18.2 Å². The fourth-order valence-electron chi connectivity index (χ4n) is 1.49. The van der Waals surface area contributed by atoms with Crippen molar-refractivity contribution in [2.24, 2.45) is 0 Å². The third kappa shape index (κ3) is 2.62. The molecule has 2 aromatic rings. The van der Waals surface area contributed by atoms with Crippen LogP contribution in [0.2, 0.25) is 0 Å². The molecular formula is C13H9F2NO3. The van der Waals surface area contributed by atoms with Crippen LogP contribution in [0.3, 0.4) is 0 Å². The molecule has 0 fully saturated rings. The van der Waals surface area contributed by atoms with E-state index in [2.05, 4.69) is 0 Å². The highest BCUT2D eigenvalue weighted by molar-refractivity contribution is 5.92. The lowest BCUT2D eigenvalue weighted by atomic mass is 10.2. The predicted octanol–water partition coefficient (Wildman–Crippen LogP) is 3.04. The molecule has 19 heavy (non-hydrogen) atoms. The first kappa shape index (κ1) is 12.8. The van der Waals surface area contributed by atoms with Crippen molar-refractivity contribution in [3.63, 3.8) is 0 Å². The molecule has 0 aliphatic carbocycles. The summed E-state index contributed by atoms with van der Waals surface area (Å²) >= 11 is 0. The maximum absolute atomic E-state index is 13.4. The van der Waals surface area contributed by atoms with Gasteiger partial charge in [-0.25, -0.2) is 13.6 Å². The standard InChI is InChI=1S/C13H9F2NO3/c14-9-2-1-3-10(15)12(9)19-11-5-4-7(16)6-8(11)13(17)18/h1-6H,16H2,(H,17,18). The number of hydrogen-bond donors (Lipinski definition) is 2. The van der Waals surface area contributed by atoms with Crippen molar-refractivity contribution in [1.29, 1.82) is 0 Å². The summed E-state index contributed by atoms with van der Waals surface area (Å²) in [5, 5.41) is 8.98. The van der Waals surface area contributed by atoms with Crippen molar-refractivity contribution in [1.82, 2.24) is 0 Å². The monoisotopic (exact) mass is 265 g/mol. The number of ether oxygens (including phenoxy) is 1. The molecule has 0 aliphatic rings. The van der Waals surface area contributed by atoms with E-state index < -0.39 is 23.4 Å². The van der Waals surface area contributed by atoms with Crippen molar-refractivity contribution >= 4 is 11.7 Å². The van der Waals surface area contributed by atoms with Crippen molar-refractivity contribution in [3.8, 4) is 11.5 Å². The molecule has 0 aromatic heterocycles. The molecule has 0 radical (unpaired) electrons. The molecule has 98 valence electrons. The first-order chi connectivity index (χ1) is 8.99. The number of nitrogens with two attached hydrogens (primary N) is 1. The maximum Gasteiger partial charge on any atom is 0.339 e. The number of hydrogen-bond acceptors (Lipinski definition) is 3. The molecule has 0 amide bonds. The number of carboxylic acid groups (broad SMARTS) is 1. The fourth-order valence-corrected chi connectivity index (χ4v) is 1.49. The zero-order valence-electron chi connectivity index (χ0n) is 9.56. The molecule has 3 N–H and O–H groups in total. The number of carboxylic acids is 1. The second-order valence-corrected chi connectivity index (χ2v) is 3.71. The molecule has 6 heteroatoms. The van der Waals surface area contributed by atoms with E-state index >= 15 is 0 Å². The fraction of sp³-hybridized carbons (Fsp3) is 0. The van der Waals surface area contributed by atoms with Crippen LogP contribution in [-0.4, -0.2) is 11.1 Å². The third-order valence-electron chi connectivity index (χ3n) is 2.36. The average molecular weight is 265 g/mol. The Kier molecular flexibility index (Phi) is 3.33. The van der Waals surface area contributed by atoms with Crippen LogP contribution in [0.4, 0.5) is 14.5 Å². The highest BCUT2D eigenvalue weighted by atomic mass is 19.1. The third-order valence-corrected chi connectivity index (χ3v) is 2.36. The van der Waals surface area contributed by atoms with Gasteiger partial charge in [-0.05, 0) is 30.3 Å². The Balaban J connectivity index is 2.47. The summed E-state index contributed by atoms with van der Waals surface area (Å²) in [7, 11) is 0. The van der Waals surface area contributed by atoms with Gasteiger partial charge >= 0.3 is 5.97 Å². The minimum atomic E-state index is -1.31. The molecule has 0 saturated heterocycles. The van der Waals surface area contributed by atoms with E-state index in [0.29, 0.717) is 0 Å². The normalized spacial score (nSPS) is 10.2. The van der Waals surface area contributed by atoms with Crippen molar-refractivity contribution in [2.75, 3.05) is 5.73 Å². The predicted molar refractivity (Wildman–Crippen MR) is 64.2 cm³/mol. The maximum atomic E-state index is 13.4. The molecule has 0 aliphatic heterocycles. The van der Waals surface area contributed by atoms with Crippen LogP contribution in [0, 0.1) is 11.6 Å². The number of carbonyl (C=O) groups is 1. The number of rotatable bonds is 3. The van der Waals surface area contributed by atoms with Crippen LogP contribution < -0.4 is 10.5 Å². The lowest BCUT2D eigenvalue weighted by Crippen LogP contribution is -2.02. The van der Waals surface area contributed by atoms with E-state index in [4.69, 9.17) is 15.6 Å². The molecule has 0 spiro atoms. The number of anilines is 1. The highest BCUT2D eigenvalue weighted by Crippen LogP contribution is 2.30. The summed E-state index contributed by atoms with van der Waals surface area (Å²) < 4.78 is 31.8. The lowest BCUT2D eigenvalue weighted by molar-refractivity contribution is 0.0694. The Bertz CT molecular complexity index is 624. The van der Waals surface area contributed by atoms with E-state index in [-0.39, 0.29) is 17.0 Å². The van der Waals surface area contributed by atoms with Gasteiger partial charge in [-0.15, -0.1) is 0 Å². The Morgan fingerprint density at radius 2 is 1.79 bits per heavy atom. The molecule has 2 rings (SSSR count). The summed E-state index contributed by atoms with van der Waals surface area (Å²) in [5.74, 6) is -4.00. The van der Waals surface area contributed by atoms with Gasteiger partial charge < -0.3 is 15.6 Å². The van der Waals surface area contributed by atoms with E-state index in [1.165, 1.54) is 18.2 Å². The van der Waals surface area contributed by atoms with Gasteiger partial charge in [0.05, 0.1) is 0 Å². The van der Waals surface area contributed by atoms with Gasteiger partial charge in [-0.2, -0.15) is 0 Å². The van der Waals surface area contributed by atoms with Crippen molar-refractivity contribution in [2.45, 2.75) is 0 Å². The largest absolute Gasteiger partial charge is 0.478 e. The van der Waals surface area contributed by atoms with Gasteiger partial charge in [0, 0.05) is 5.69 Å². The molecule has 4 nitrogen and oxygen atoms in total. The second kappa shape index (κ2) is 4.93. The lowest BCUT2D eigenvalue weighted by Gasteiger charge is -2.10. The topological polar surface area (TPSA) is 72.5 Å². The van der Waals surface area contributed by atoms with E-state index in [9.17, 15) is 13.6 Å². The average Bonchev–Trinajstić information content (AvgIpc) is 2.35. The molecule has 0 heterocycles. The SMILES string of the molecule is Nc1ccc(Oc2c(F)cccc2F)c(C(=O)O)c1. The summed E-state index contributed by atoms with van der Waals surface area (Å²) in [6.07, 6.45) is 0. The number of benzene rings is 2. The first-order valence-electron chi connectivity index (χ1n) is 5.23. The quantitative estimate of drug-likeness (QED) is 0.836. The molecule has 0 atom stereocenters. The van der Waals surface area contributed by atoms with Crippen LogP contribution in [0.25, 0.3) is 0 Å². The van der Waals surface area contributed by atoms with Crippen LogP contribution >= 0.6 is 0 Å². The van der Waals surface area contributed by atoms with E-state index in [1.807, 2.05) is 0 Å². The van der Waals surface area contributed by atoms with Crippen LogP contribution in [0.1, 0.15) is 10.4 Å². The van der Waals surface area contributed by atoms with Crippen LogP contribution in [0.15, 0.2) is 36.4 Å². The van der Waals surface area contributed by atoms with Gasteiger partial charge in [0.1, 0.15) is 11.3 Å². The zero-order chi connectivity index (χ0) is 14.0. The Labute approximate surface area is 107 Å². The Morgan fingerprint density at radius 3 is 2.37 bits per heavy atom. The molecule has 0 saturated carbocycles. The van der Waals surface area contributed by atoms with Crippen LogP contribution in [-0.2, 0) is 0 Å². The first-order valence-corrected chi connectivity index (χ1v) is 5.23. The number of para-hydroxylation sites is 1. The Morgan fingerprint density at radius 1 is 1.16 bits per heavy atom. The van der Waals surface area contributed by atoms with Gasteiger partial charge in [0.2, 0.25) is 0 Å². The summed E-state index contributed by atoms with van der Waals surface area (Å²) in [6, 6.07) is 6.96. The molecular weight excluding hydrogens is 256 g/mol. The summed E-state index contributed by atoms with van der Waals surface area (Å²) in [5.41, 5.74) is 5.38. The Hall–Kier alpha value is -2.63. The van der Waals surface area contributed by atoms with Gasteiger partial charge in [0.25, 0.3) is 0 Å². The highest BCUT2D eigenvalue weighted by Gasteiger charge is 2.16. The smallest absolute Gasteiger partial charge is 0.339 e. The van der Waals surface area contributed by atoms with Gasteiger partial charge in [-0.1, -0.05) is 6.07 Å². The number of nitrogen functional groups attached to an aromatic ring is 1. The molecule has 0 unspecified atom stereocenters. The minimum absolute atomic E-state index is 0.189. The van der Waals surface area contributed by atoms with Crippen molar-refractivity contribution in [3.05, 3.63) is 53.6 Å². The summed E-state index contributed by atoms with van der Waals surface area (Å²) in [4.78, 5) is 11.0. The molecule has 2 aromatic carbocycles. The van der Waals surface area contributed by atoms with Gasteiger partial charge in [-0.3, -0.25) is 0 Å². The second-order valence-electron chi connectivity index (χ2n) is 3.71. The van der Waals surface area contributed by atoms with Gasteiger partial charge in [0.15, 0.2) is 17.4 Å².